The molecule has 3 amide bonds. The van der Waals surface area contributed by atoms with Crippen LogP contribution < -0.4 is 10.6 Å². The third-order valence-corrected chi connectivity index (χ3v) is 6.84. The molecule has 30 heavy (non-hydrogen) atoms. The van der Waals surface area contributed by atoms with Crippen molar-refractivity contribution in [1.29, 1.82) is 0 Å². The van der Waals surface area contributed by atoms with Crippen molar-refractivity contribution in [1.82, 2.24) is 15.5 Å². The van der Waals surface area contributed by atoms with E-state index in [0.717, 1.165) is 18.4 Å². The molecule has 2 aromatic rings. The number of thioether (sulfide) groups is 1. The van der Waals surface area contributed by atoms with E-state index in [2.05, 4.69) is 22.8 Å². The molecule has 1 saturated heterocycles. The molecule has 156 valence electrons. The summed E-state index contributed by atoms with van der Waals surface area (Å²) < 4.78 is 0. The molecule has 0 saturated carbocycles. The second kappa shape index (κ2) is 8.92. The van der Waals surface area contributed by atoms with Crippen molar-refractivity contribution in [3.8, 4) is 0 Å². The van der Waals surface area contributed by atoms with Gasteiger partial charge in [0.25, 0.3) is 5.91 Å². The molecule has 0 spiro atoms. The van der Waals surface area contributed by atoms with E-state index in [4.69, 9.17) is 0 Å². The van der Waals surface area contributed by atoms with Crippen LogP contribution >= 0.6 is 11.8 Å². The molecule has 2 aliphatic heterocycles. The number of fused-ring (bicyclic) bond motifs is 3. The SMILES string of the molecule is C[C@H](NC(=O)[C@@H]1CS[C@@H]2c3ccccc3C(=O)N21)C(=O)NCCCc1ccccc1. The molecule has 0 radical (unpaired) electrons. The van der Waals surface area contributed by atoms with Gasteiger partial charge in [-0.1, -0.05) is 48.5 Å². The van der Waals surface area contributed by atoms with E-state index in [0.29, 0.717) is 17.9 Å². The van der Waals surface area contributed by atoms with E-state index in [1.165, 1.54) is 5.56 Å². The number of benzene rings is 2. The Bertz CT molecular complexity index is 950. The molecule has 0 aromatic heterocycles. The maximum absolute atomic E-state index is 12.8. The smallest absolute Gasteiger partial charge is 0.256 e. The molecular weight excluding hydrogens is 398 g/mol. The van der Waals surface area contributed by atoms with Crippen LogP contribution in [-0.4, -0.2) is 47.0 Å². The zero-order valence-electron chi connectivity index (χ0n) is 16.8. The Morgan fingerprint density at radius 1 is 1.13 bits per heavy atom. The molecule has 7 heteroatoms. The standard InChI is InChI=1S/C23H25N3O3S/c1-15(20(27)24-13-7-10-16-8-3-2-4-9-16)25-21(28)19-14-30-23-18-12-6-5-11-17(18)22(29)26(19)23/h2-6,8-9,11-12,15,19,23H,7,10,13-14H2,1H3,(H,24,27)(H,25,28)/t15-,19-,23+/m0/s1. The monoisotopic (exact) mass is 423 g/mol. The van der Waals surface area contributed by atoms with Gasteiger partial charge in [-0.05, 0) is 37.0 Å². The number of nitrogens with zero attached hydrogens (tertiary/aromatic N) is 1. The number of hydrogen-bond donors (Lipinski definition) is 2. The maximum Gasteiger partial charge on any atom is 0.256 e. The second-order valence-corrected chi connectivity index (χ2v) is 8.72. The Hall–Kier alpha value is -2.80. The van der Waals surface area contributed by atoms with Crippen LogP contribution in [0.4, 0.5) is 0 Å². The van der Waals surface area contributed by atoms with Gasteiger partial charge in [0.2, 0.25) is 11.8 Å². The highest BCUT2D eigenvalue weighted by Crippen LogP contribution is 2.48. The van der Waals surface area contributed by atoms with Crippen molar-refractivity contribution < 1.29 is 14.4 Å². The Morgan fingerprint density at radius 3 is 2.67 bits per heavy atom. The van der Waals surface area contributed by atoms with Gasteiger partial charge in [-0.15, -0.1) is 11.8 Å². The van der Waals surface area contributed by atoms with Crippen molar-refractivity contribution in [2.75, 3.05) is 12.3 Å². The Balaban J connectivity index is 1.27. The van der Waals surface area contributed by atoms with Crippen LogP contribution in [0.25, 0.3) is 0 Å². The summed E-state index contributed by atoms with van der Waals surface area (Å²) in [5.74, 6) is -0.0753. The van der Waals surface area contributed by atoms with Crippen molar-refractivity contribution in [2.24, 2.45) is 0 Å². The number of rotatable bonds is 7. The number of carbonyl (C=O) groups is 3. The predicted molar refractivity (Wildman–Crippen MR) is 117 cm³/mol. The molecule has 2 heterocycles. The Morgan fingerprint density at radius 2 is 1.87 bits per heavy atom. The van der Waals surface area contributed by atoms with Crippen LogP contribution in [0.1, 0.15) is 40.2 Å². The van der Waals surface area contributed by atoms with E-state index in [9.17, 15) is 14.4 Å². The average Bonchev–Trinajstić information content (AvgIpc) is 3.32. The van der Waals surface area contributed by atoms with E-state index in [1.54, 1.807) is 29.7 Å². The fourth-order valence-electron chi connectivity index (χ4n) is 3.92. The highest BCUT2D eigenvalue weighted by molar-refractivity contribution is 7.99. The maximum atomic E-state index is 12.8. The van der Waals surface area contributed by atoms with Crippen LogP contribution in [0.2, 0.25) is 0 Å². The van der Waals surface area contributed by atoms with Crippen LogP contribution in [0, 0.1) is 0 Å². The number of aryl methyl sites for hydroxylation is 1. The first-order chi connectivity index (χ1) is 14.6. The van der Waals surface area contributed by atoms with Gasteiger partial charge in [-0.3, -0.25) is 14.4 Å². The first-order valence-electron chi connectivity index (χ1n) is 10.2. The van der Waals surface area contributed by atoms with Crippen LogP contribution in [0.15, 0.2) is 54.6 Å². The summed E-state index contributed by atoms with van der Waals surface area (Å²) in [5.41, 5.74) is 2.86. The molecule has 0 bridgehead atoms. The summed E-state index contributed by atoms with van der Waals surface area (Å²) in [7, 11) is 0. The summed E-state index contributed by atoms with van der Waals surface area (Å²) in [4.78, 5) is 39.6. The average molecular weight is 424 g/mol. The minimum atomic E-state index is -0.654. The molecule has 2 aromatic carbocycles. The normalized spacial score (nSPS) is 20.4. The predicted octanol–water partition coefficient (Wildman–Crippen LogP) is 2.51. The van der Waals surface area contributed by atoms with E-state index < -0.39 is 12.1 Å². The molecule has 3 atom stereocenters. The van der Waals surface area contributed by atoms with E-state index >= 15 is 0 Å². The van der Waals surface area contributed by atoms with Crippen molar-refractivity contribution in [2.45, 2.75) is 37.2 Å². The van der Waals surface area contributed by atoms with Gasteiger partial charge in [-0.25, -0.2) is 0 Å². The van der Waals surface area contributed by atoms with E-state index in [-0.39, 0.29) is 23.1 Å². The third-order valence-electron chi connectivity index (χ3n) is 5.53. The summed E-state index contributed by atoms with van der Waals surface area (Å²) in [5, 5.41) is 5.54. The van der Waals surface area contributed by atoms with Crippen molar-refractivity contribution in [3.05, 3.63) is 71.3 Å². The number of nitrogens with one attached hydrogen (secondary N) is 2. The number of hydrogen-bond acceptors (Lipinski definition) is 4. The fourth-order valence-corrected chi connectivity index (χ4v) is 5.38. The van der Waals surface area contributed by atoms with Crippen LogP contribution in [0.5, 0.6) is 0 Å². The molecule has 0 unspecified atom stereocenters. The molecule has 2 N–H and O–H groups in total. The molecule has 0 aliphatic carbocycles. The minimum Gasteiger partial charge on any atom is -0.354 e. The lowest BCUT2D eigenvalue weighted by Gasteiger charge is -2.24. The summed E-state index contributed by atoms with van der Waals surface area (Å²) in [6.45, 7) is 2.22. The van der Waals surface area contributed by atoms with Gasteiger partial charge >= 0.3 is 0 Å². The molecule has 4 rings (SSSR count). The molecule has 1 fully saturated rings. The Labute approximate surface area is 180 Å². The Kier molecular flexibility index (Phi) is 6.08. The van der Waals surface area contributed by atoms with Gasteiger partial charge < -0.3 is 15.5 Å². The molecular formula is C23H25N3O3S. The van der Waals surface area contributed by atoms with Gasteiger partial charge in [-0.2, -0.15) is 0 Å². The first-order valence-corrected chi connectivity index (χ1v) is 11.3. The highest BCUT2D eigenvalue weighted by Gasteiger charge is 2.48. The topological polar surface area (TPSA) is 78.5 Å². The van der Waals surface area contributed by atoms with Crippen molar-refractivity contribution >= 4 is 29.5 Å². The molecule has 2 aliphatic rings. The fraction of sp³-hybridized carbons (Fsp3) is 0.348. The first kappa shape index (κ1) is 20.5. The second-order valence-electron chi connectivity index (χ2n) is 7.61. The van der Waals surface area contributed by atoms with Crippen LogP contribution in [0.3, 0.4) is 0 Å². The third kappa shape index (κ3) is 4.07. The highest BCUT2D eigenvalue weighted by atomic mass is 32.2. The lowest BCUT2D eigenvalue weighted by atomic mass is 10.1. The van der Waals surface area contributed by atoms with Gasteiger partial charge in [0, 0.05) is 17.9 Å². The number of amides is 3. The molecule has 6 nitrogen and oxygen atoms in total. The van der Waals surface area contributed by atoms with Crippen molar-refractivity contribution in [3.63, 3.8) is 0 Å². The zero-order chi connectivity index (χ0) is 21.1. The zero-order valence-corrected chi connectivity index (χ0v) is 17.7. The summed E-state index contributed by atoms with van der Waals surface area (Å²) in [6, 6.07) is 16.4. The van der Waals surface area contributed by atoms with Gasteiger partial charge in [0.1, 0.15) is 17.5 Å². The summed E-state index contributed by atoms with van der Waals surface area (Å²) >= 11 is 1.59. The largest absolute Gasteiger partial charge is 0.354 e. The lowest BCUT2D eigenvalue weighted by molar-refractivity contribution is -0.130. The van der Waals surface area contributed by atoms with Crippen LogP contribution in [-0.2, 0) is 16.0 Å². The van der Waals surface area contributed by atoms with E-state index in [1.807, 2.05) is 36.4 Å². The van der Waals surface area contributed by atoms with Gasteiger partial charge in [0.05, 0.1) is 0 Å². The summed E-state index contributed by atoms with van der Waals surface area (Å²) in [6.07, 6.45) is 1.72. The number of carbonyl (C=O) groups excluding carboxylic acids is 3. The minimum absolute atomic E-state index is 0.112. The quantitative estimate of drug-likeness (QED) is 0.671. The van der Waals surface area contributed by atoms with Gasteiger partial charge in [0.15, 0.2) is 0 Å². The lowest BCUT2D eigenvalue weighted by Crippen LogP contribution is -2.52.